The third-order valence-corrected chi connectivity index (χ3v) is 3.09. The normalized spacial score (nSPS) is 53.4. The summed E-state index contributed by atoms with van der Waals surface area (Å²) >= 11 is 0. The van der Waals surface area contributed by atoms with E-state index in [1.807, 2.05) is 0 Å². The molecule has 2 heteroatoms. The Kier molecular flexibility index (Phi) is 1.15. The number of rotatable bonds is 0. The van der Waals surface area contributed by atoms with Gasteiger partial charge in [0.1, 0.15) is 11.2 Å². The third-order valence-electron chi connectivity index (χ3n) is 3.09. The van der Waals surface area contributed by atoms with Crippen LogP contribution in [0.25, 0.3) is 0 Å². The Labute approximate surface area is 61.4 Å². The van der Waals surface area contributed by atoms with Crippen molar-refractivity contribution in [3.63, 3.8) is 0 Å². The number of hydrogen-bond donors (Lipinski definition) is 0. The van der Waals surface area contributed by atoms with Gasteiger partial charge in [-0.25, -0.2) is 9.78 Å². The number of fused-ring (bicyclic) bond motifs is 1. The molecule has 1 saturated heterocycles. The summed E-state index contributed by atoms with van der Waals surface area (Å²) in [4.78, 5) is 10.3. The highest BCUT2D eigenvalue weighted by Gasteiger charge is 2.58. The largest absolute Gasteiger partial charge is 0.226 e. The Morgan fingerprint density at radius 3 is 1.50 bits per heavy atom. The van der Waals surface area contributed by atoms with Crippen LogP contribution in [0.4, 0.5) is 0 Å². The molecule has 1 aliphatic carbocycles. The predicted octanol–water partition coefficient (Wildman–Crippen LogP) is 2.04. The van der Waals surface area contributed by atoms with Crippen LogP contribution < -0.4 is 0 Å². The van der Waals surface area contributed by atoms with Crippen LogP contribution in [0.1, 0.15) is 39.5 Å². The predicted molar refractivity (Wildman–Crippen MR) is 37.4 cm³/mol. The Bertz CT molecular complexity index is 139. The molecular formula is C8H14O2. The maximum atomic E-state index is 5.13. The highest BCUT2D eigenvalue weighted by Crippen LogP contribution is 2.49. The van der Waals surface area contributed by atoms with E-state index in [0.717, 1.165) is 12.8 Å². The fraction of sp³-hybridized carbons (Fsp3) is 1.00. The van der Waals surface area contributed by atoms with Crippen molar-refractivity contribution in [2.75, 3.05) is 0 Å². The van der Waals surface area contributed by atoms with Crippen LogP contribution >= 0.6 is 0 Å². The summed E-state index contributed by atoms with van der Waals surface area (Å²) in [5, 5.41) is 0. The lowest BCUT2D eigenvalue weighted by atomic mass is 9.72. The molecule has 0 aromatic rings. The molecule has 0 amide bonds. The average molecular weight is 142 g/mol. The zero-order valence-electron chi connectivity index (χ0n) is 6.64. The molecule has 0 unspecified atom stereocenters. The quantitative estimate of drug-likeness (QED) is 0.482. The second kappa shape index (κ2) is 1.74. The first-order valence-electron chi connectivity index (χ1n) is 4.03. The van der Waals surface area contributed by atoms with Gasteiger partial charge in [0.2, 0.25) is 0 Å². The van der Waals surface area contributed by atoms with Gasteiger partial charge in [0, 0.05) is 0 Å². The van der Waals surface area contributed by atoms with Gasteiger partial charge < -0.3 is 0 Å². The van der Waals surface area contributed by atoms with E-state index in [1.54, 1.807) is 0 Å². The maximum absolute atomic E-state index is 5.13. The number of hydrogen-bond acceptors (Lipinski definition) is 2. The summed E-state index contributed by atoms with van der Waals surface area (Å²) < 4.78 is 0. The van der Waals surface area contributed by atoms with Crippen LogP contribution in [0.15, 0.2) is 0 Å². The van der Waals surface area contributed by atoms with Gasteiger partial charge in [0.05, 0.1) is 0 Å². The zero-order valence-corrected chi connectivity index (χ0v) is 6.64. The Hall–Kier alpha value is -0.0800. The Balaban J connectivity index is 2.17. The van der Waals surface area contributed by atoms with Gasteiger partial charge in [-0.05, 0) is 26.7 Å². The summed E-state index contributed by atoms with van der Waals surface area (Å²) in [6, 6.07) is 0. The van der Waals surface area contributed by atoms with E-state index in [1.165, 1.54) is 12.8 Å². The van der Waals surface area contributed by atoms with Gasteiger partial charge in [-0.1, -0.05) is 12.8 Å². The second-order valence-electron chi connectivity index (χ2n) is 3.84. The van der Waals surface area contributed by atoms with Crippen LogP contribution in [-0.4, -0.2) is 11.2 Å². The van der Waals surface area contributed by atoms with E-state index < -0.39 is 0 Å². The second-order valence-corrected chi connectivity index (χ2v) is 3.84. The minimum atomic E-state index is 0.0330. The van der Waals surface area contributed by atoms with E-state index >= 15 is 0 Å². The van der Waals surface area contributed by atoms with Gasteiger partial charge in [0.25, 0.3) is 0 Å². The molecule has 0 N–H and O–H groups in total. The molecule has 0 aromatic heterocycles. The van der Waals surface area contributed by atoms with Crippen molar-refractivity contribution in [2.24, 2.45) is 0 Å². The molecule has 2 nitrogen and oxygen atoms in total. The highest BCUT2D eigenvalue weighted by molar-refractivity contribution is 5.02. The van der Waals surface area contributed by atoms with Crippen LogP contribution in [0, 0.1) is 0 Å². The molecule has 1 heterocycles. The molecule has 0 spiro atoms. The van der Waals surface area contributed by atoms with E-state index in [9.17, 15) is 0 Å². The molecule has 2 aliphatic rings. The van der Waals surface area contributed by atoms with E-state index in [4.69, 9.17) is 9.78 Å². The van der Waals surface area contributed by atoms with Gasteiger partial charge in [-0.2, -0.15) is 0 Å². The summed E-state index contributed by atoms with van der Waals surface area (Å²) in [6.45, 7) is 4.30. The van der Waals surface area contributed by atoms with Crippen molar-refractivity contribution in [3.8, 4) is 0 Å². The van der Waals surface area contributed by atoms with Crippen molar-refractivity contribution in [1.29, 1.82) is 0 Å². The molecule has 0 bridgehead atoms. The first kappa shape index (κ1) is 6.62. The minimum Gasteiger partial charge on any atom is -0.226 e. The summed E-state index contributed by atoms with van der Waals surface area (Å²) in [5.41, 5.74) is 0.0660. The summed E-state index contributed by atoms with van der Waals surface area (Å²) in [6.07, 6.45) is 4.89. The Morgan fingerprint density at radius 1 is 0.900 bits per heavy atom. The van der Waals surface area contributed by atoms with Crippen molar-refractivity contribution in [3.05, 3.63) is 0 Å². The van der Waals surface area contributed by atoms with E-state index in [-0.39, 0.29) is 11.2 Å². The summed E-state index contributed by atoms with van der Waals surface area (Å²) in [5.74, 6) is 0. The molecule has 1 aliphatic heterocycles. The fourth-order valence-corrected chi connectivity index (χ4v) is 1.86. The molecule has 1 saturated carbocycles. The molecule has 0 radical (unpaired) electrons. The van der Waals surface area contributed by atoms with Gasteiger partial charge >= 0.3 is 0 Å². The highest BCUT2D eigenvalue weighted by atomic mass is 17.3. The monoisotopic (exact) mass is 142 g/mol. The van der Waals surface area contributed by atoms with Crippen molar-refractivity contribution in [1.82, 2.24) is 0 Å². The van der Waals surface area contributed by atoms with Crippen molar-refractivity contribution in [2.45, 2.75) is 50.7 Å². The maximum Gasteiger partial charge on any atom is 0.132 e. The van der Waals surface area contributed by atoms with Crippen LogP contribution in [-0.2, 0) is 9.78 Å². The molecule has 58 valence electrons. The van der Waals surface area contributed by atoms with Crippen LogP contribution in [0.5, 0.6) is 0 Å². The van der Waals surface area contributed by atoms with Crippen LogP contribution in [0.3, 0.4) is 0 Å². The van der Waals surface area contributed by atoms with Gasteiger partial charge in [0.15, 0.2) is 0 Å². The molecule has 0 aromatic carbocycles. The lowest BCUT2D eigenvalue weighted by Gasteiger charge is -2.55. The Morgan fingerprint density at radius 2 is 1.30 bits per heavy atom. The molecular weight excluding hydrogens is 128 g/mol. The fourth-order valence-electron chi connectivity index (χ4n) is 1.86. The standard InChI is InChI=1S/C8H14O2/c1-7-5-3-4-6-8(7,2)10-9-7/h3-6H2,1-2H3/t7-,8+. The molecule has 2 rings (SSSR count). The minimum absolute atomic E-state index is 0.0330. The van der Waals surface area contributed by atoms with Crippen LogP contribution in [0.2, 0.25) is 0 Å². The smallest absolute Gasteiger partial charge is 0.132 e. The SMILES string of the molecule is C[C@@]12CCCC[C@]1(C)OO2. The van der Waals surface area contributed by atoms with Crippen molar-refractivity contribution < 1.29 is 9.78 Å². The molecule has 10 heavy (non-hydrogen) atoms. The van der Waals surface area contributed by atoms with Gasteiger partial charge in [-0.15, -0.1) is 0 Å². The zero-order chi connectivity index (χ0) is 7.24. The lowest BCUT2D eigenvalue weighted by Crippen LogP contribution is -2.64. The summed E-state index contributed by atoms with van der Waals surface area (Å²) in [7, 11) is 0. The van der Waals surface area contributed by atoms with E-state index in [2.05, 4.69) is 13.8 Å². The van der Waals surface area contributed by atoms with Crippen molar-refractivity contribution >= 4 is 0 Å². The first-order chi connectivity index (χ1) is 4.66. The third kappa shape index (κ3) is 0.611. The lowest BCUT2D eigenvalue weighted by molar-refractivity contribution is -0.552. The van der Waals surface area contributed by atoms with E-state index in [0.29, 0.717) is 0 Å². The first-order valence-corrected chi connectivity index (χ1v) is 4.03. The average Bonchev–Trinajstić information content (AvgIpc) is 1.92. The molecule has 2 fully saturated rings. The molecule has 2 atom stereocenters. The van der Waals surface area contributed by atoms with Gasteiger partial charge in [-0.3, -0.25) is 0 Å². The topological polar surface area (TPSA) is 18.5 Å².